The van der Waals surface area contributed by atoms with Gasteiger partial charge in [-0.2, -0.15) is 0 Å². The van der Waals surface area contributed by atoms with Crippen LogP contribution in [0.3, 0.4) is 0 Å². The number of aliphatic hydroxyl groups is 1. The number of hydrogen-bond acceptors (Lipinski definition) is 3. The Morgan fingerprint density at radius 1 is 1.64 bits per heavy atom. The maximum Gasteiger partial charge on any atom is 0.0636 e. The van der Waals surface area contributed by atoms with Crippen LogP contribution in [-0.4, -0.2) is 29.8 Å². The van der Waals surface area contributed by atoms with Crippen LogP contribution in [0.2, 0.25) is 0 Å². The molecule has 11 heavy (non-hydrogen) atoms. The topological polar surface area (TPSA) is 58.3 Å². The summed E-state index contributed by atoms with van der Waals surface area (Å²) in [5.74, 6) is 0. The van der Waals surface area contributed by atoms with Gasteiger partial charge in [0.05, 0.1) is 6.10 Å². The Hall–Kier alpha value is -0.120. The molecule has 1 rings (SSSR count). The van der Waals surface area contributed by atoms with Crippen molar-refractivity contribution in [3.05, 3.63) is 0 Å². The second kappa shape index (κ2) is 4.04. The van der Waals surface area contributed by atoms with E-state index in [9.17, 15) is 0 Å². The number of hydrogen-bond donors (Lipinski definition) is 3. The number of aliphatic hydroxyl groups excluding tert-OH is 1. The molecule has 0 aromatic heterocycles. The molecule has 2 unspecified atom stereocenters. The van der Waals surface area contributed by atoms with Gasteiger partial charge in [-0.3, -0.25) is 0 Å². The maximum absolute atomic E-state index is 8.98. The Kier molecular flexibility index (Phi) is 3.30. The van der Waals surface area contributed by atoms with Gasteiger partial charge in [-0.1, -0.05) is 0 Å². The number of nitrogens with one attached hydrogen (secondary N) is 1. The molecule has 4 N–H and O–H groups in total. The summed E-state index contributed by atoms with van der Waals surface area (Å²) in [6.45, 7) is 2.49. The third-order valence-electron chi connectivity index (χ3n) is 2.18. The van der Waals surface area contributed by atoms with Crippen LogP contribution in [0.15, 0.2) is 0 Å². The van der Waals surface area contributed by atoms with Crippen LogP contribution in [0.1, 0.15) is 26.2 Å². The Morgan fingerprint density at radius 2 is 2.36 bits per heavy atom. The Balaban J connectivity index is 2.08. The molecular formula is C8H18N2O. The van der Waals surface area contributed by atoms with E-state index in [1.807, 2.05) is 0 Å². The monoisotopic (exact) mass is 158 g/mol. The molecule has 0 bridgehead atoms. The van der Waals surface area contributed by atoms with E-state index >= 15 is 0 Å². The Bertz CT molecular complexity index is 117. The predicted molar refractivity (Wildman–Crippen MR) is 45.3 cm³/mol. The van der Waals surface area contributed by atoms with Gasteiger partial charge in [0.25, 0.3) is 0 Å². The number of nitrogens with two attached hydrogens (primary N) is 1. The van der Waals surface area contributed by atoms with E-state index in [0.29, 0.717) is 18.6 Å². The minimum Gasteiger partial charge on any atom is -0.392 e. The fraction of sp³-hybridized carbons (Fsp3) is 1.00. The quantitative estimate of drug-likeness (QED) is 0.535. The van der Waals surface area contributed by atoms with Gasteiger partial charge in [0.15, 0.2) is 0 Å². The van der Waals surface area contributed by atoms with Crippen molar-refractivity contribution in [2.45, 2.75) is 44.4 Å². The first kappa shape index (κ1) is 8.97. The van der Waals surface area contributed by atoms with Crippen LogP contribution in [0.5, 0.6) is 0 Å². The highest BCUT2D eigenvalue weighted by atomic mass is 16.3. The molecule has 0 spiro atoms. The van der Waals surface area contributed by atoms with Gasteiger partial charge in [-0.25, -0.2) is 0 Å². The first-order valence-electron chi connectivity index (χ1n) is 4.35. The minimum atomic E-state index is -0.244. The second-order valence-electron chi connectivity index (χ2n) is 3.53. The van der Waals surface area contributed by atoms with E-state index in [1.165, 1.54) is 0 Å². The highest BCUT2D eigenvalue weighted by Crippen LogP contribution is 2.16. The highest BCUT2D eigenvalue weighted by molar-refractivity contribution is 4.82. The van der Waals surface area contributed by atoms with Crippen LogP contribution in [-0.2, 0) is 0 Å². The van der Waals surface area contributed by atoms with Crippen LogP contribution in [0.25, 0.3) is 0 Å². The third-order valence-corrected chi connectivity index (χ3v) is 2.18. The summed E-state index contributed by atoms with van der Waals surface area (Å²) in [4.78, 5) is 0. The lowest BCUT2D eigenvalue weighted by Gasteiger charge is -2.13. The molecule has 0 radical (unpaired) electrons. The van der Waals surface area contributed by atoms with E-state index in [-0.39, 0.29) is 6.10 Å². The van der Waals surface area contributed by atoms with Crippen LogP contribution in [0.4, 0.5) is 0 Å². The van der Waals surface area contributed by atoms with Crippen molar-refractivity contribution in [2.75, 3.05) is 6.54 Å². The van der Waals surface area contributed by atoms with E-state index in [2.05, 4.69) is 5.32 Å². The summed E-state index contributed by atoms with van der Waals surface area (Å²) < 4.78 is 0. The molecule has 1 aliphatic carbocycles. The highest BCUT2D eigenvalue weighted by Gasteiger charge is 2.20. The average molecular weight is 158 g/mol. The van der Waals surface area contributed by atoms with E-state index in [4.69, 9.17) is 10.8 Å². The van der Waals surface area contributed by atoms with Crippen molar-refractivity contribution in [1.29, 1.82) is 0 Å². The van der Waals surface area contributed by atoms with Gasteiger partial charge in [-0.05, 0) is 26.2 Å². The van der Waals surface area contributed by atoms with E-state index in [0.717, 1.165) is 19.3 Å². The van der Waals surface area contributed by atoms with Crippen molar-refractivity contribution in [3.63, 3.8) is 0 Å². The van der Waals surface area contributed by atoms with Crippen LogP contribution in [0, 0.1) is 0 Å². The van der Waals surface area contributed by atoms with E-state index < -0.39 is 0 Å². The standard InChI is InChI=1S/C8H18N2O/c1-6(11)5-10-8-3-2-7(9)4-8/h6-8,10-11H,2-5,9H2,1H3/t6-,7?,8?/m1/s1. The lowest BCUT2D eigenvalue weighted by molar-refractivity contribution is 0.186. The van der Waals surface area contributed by atoms with Gasteiger partial charge in [0, 0.05) is 18.6 Å². The molecule has 3 nitrogen and oxygen atoms in total. The van der Waals surface area contributed by atoms with Crippen molar-refractivity contribution >= 4 is 0 Å². The van der Waals surface area contributed by atoms with Gasteiger partial charge in [0.2, 0.25) is 0 Å². The van der Waals surface area contributed by atoms with E-state index in [1.54, 1.807) is 6.92 Å². The summed E-state index contributed by atoms with van der Waals surface area (Å²) in [6, 6.07) is 0.918. The smallest absolute Gasteiger partial charge is 0.0636 e. The largest absolute Gasteiger partial charge is 0.392 e. The van der Waals surface area contributed by atoms with Gasteiger partial charge in [0.1, 0.15) is 0 Å². The fourth-order valence-electron chi connectivity index (χ4n) is 1.54. The molecule has 1 saturated carbocycles. The molecule has 1 aliphatic rings. The first-order chi connectivity index (χ1) is 5.18. The summed E-state index contributed by atoms with van der Waals surface area (Å²) in [5, 5.41) is 12.3. The zero-order chi connectivity index (χ0) is 8.27. The van der Waals surface area contributed by atoms with Gasteiger partial charge in [-0.15, -0.1) is 0 Å². The zero-order valence-electron chi connectivity index (χ0n) is 7.09. The Morgan fingerprint density at radius 3 is 2.82 bits per heavy atom. The normalized spacial score (nSPS) is 34.1. The van der Waals surface area contributed by atoms with Crippen LogP contribution < -0.4 is 11.1 Å². The van der Waals surface area contributed by atoms with Crippen LogP contribution >= 0.6 is 0 Å². The molecule has 0 heterocycles. The predicted octanol–water partition coefficient (Wildman–Crippen LogP) is -0.163. The van der Waals surface area contributed by atoms with Crippen molar-refractivity contribution in [3.8, 4) is 0 Å². The van der Waals surface area contributed by atoms with Gasteiger partial charge >= 0.3 is 0 Å². The first-order valence-corrected chi connectivity index (χ1v) is 4.35. The van der Waals surface area contributed by atoms with Crippen molar-refractivity contribution < 1.29 is 5.11 Å². The SMILES string of the molecule is C[C@@H](O)CNC1CCC(N)C1. The summed E-state index contributed by atoms with van der Waals surface area (Å²) in [7, 11) is 0. The molecule has 3 atom stereocenters. The molecule has 0 amide bonds. The molecule has 0 aliphatic heterocycles. The maximum atomic E-state index is 8.98. The molecular weight excluding hydrogens is 140 g/mol. The molecule has 1 fully saturated rings. The van der Waals surface area contributed by atoms with Gasteiger partial charge < -0.3 is 16.2 Å². The molecule has 0 aromatic rings. The second-order valence-corrected chi connectivity index (χ2v) is 3.53. The van der Waals surface area contributed by atoms with Crippen molar-refractivity contribution in [2.24, 2.45) is 5.73 Å². The number of rotatable bonds is 3. The minimum absolute atomic E-state index is 0.244. The lowest BCUT2D eigenvalue weighted by atomic mass is 10.2. The molecule has 0 aromatic carbocycles. The summed E-state index contributed by atoms with van der Waals surface area (Å²) in [5.41, 5.74) is 5.73. The summed E-state index contributed by atoms with van der Waals surface area (Å²) in [6.07, 6.45) is 3.10. The summed E-state index contributed by atoms with van der Waals surface area (Å²) >= 11 is 0. The average Bonchev–Trinajstić information content (AvgIpc) is 2.31. The Labute approximate surface area is 68.0 Å². The van der Waals surface area contributed by atoms with Crippen molar-refractivity contribution in [1.82, 2.24) is 5.32 Å². The zero-order valence-corrected chi connectivity index (χ0v) is 7.09. The molecule has 3 heteroatoms. The molecule has 66 valence electrons. The fourth-order valence-corrected chi connectivity index (χ4v) is 1.54. The third kappa shape index (κ3) is 3.18. The molecule has 0 saturated heterocycles. The lowest BCUT2D eigenvalue weighted by Crippen LogP contribution is -2.33.